The normalized spacial score (nSPS) is 17.1. The first-order chi connectivity index (χ1) is 15.0. The van der Waals surface area contributed by atoms with Crippen LogP contribution in [0.3, 0.4) is 0 Å². The predicted octanol–water partition coefficient (Wildman–Crippen LogP) is 5.07. The summed E-state index contributed by atoms with van der Waals surface area (Å²) < 4.78 is 46.4. The van der Waals surface area contributed by atoms with Crippen molar-refractivity contribution in [1.29, 1.82) is 0 Å². The van der Waals surface area contributed by atoms with E-state index in [0.717, 1.165) is 6.20 Å². The molecule has 4 rings (SSSR count). The SMILES string of the molecule is CC(C)(C)OC(=O)N1CCC(Nc2ncc(C(F)(F)F)c(-c3c[nH]c4ccccc34)n2)C1. The monoisotopic (exact) mass is 447 g/mol. The highest BCUT2D eigenvalue weighted by molar-refractivity contribution is 5.95. The van der Waals surface area contributed by atoms with Crippen molar-refractivity contribution in [1.82, 2.24) is 19.9 Å². The Bertz CT molecular complexity index is 1140. The second-order valence-corrected chi connectivity index (χ2v) is 8.76. The molecule has 32 heavy (non-hydrogen) atoms. The molecular formula is C22H24F3N5O2. The van der Waals surface area contributed by atoms with Gasteiger partial charge in [0.2, 0.25) is 5.95 Å². The number of nitrogens with one attached hydrogen (secondary N) is 2. The first-order valence-corrected chi connectivity index (χ1v) is 10.3. The Kier molecular flexibility index (Phi) is 5.47. The van der Waals surface area contributed by atoms with E-state index in [0.29, 0.717) is 36.0 Å². The number of nitrogens with zero attached hydrogens (tertiary/aromatic N) is 3. The molecule has 170 valence electrons. The van der Waals surface area contributed by atoms with Crippen molar-refractivity contribution in [3.63, 3.8) is 0 Å². The second kappa shape index (κ2) is 7.99. The van der Waals surface area contributed by atoms with Crippen LogP contribution < -0.4 is 5.32 Å². The first-order valence-electron chi connectivity index (χ1n) is 10.3. The number of aromatic nitrogens is 3. The predicted molar refractivity (Wildman–Crippen MR) is 114 cm³/mol. The molecule has 0 radical (unpaired) electrons. The average molecular weight is 447 g/mol. The lowest BCUT2D eigenvalue weighted by atomic mass is 10.1. The molecule has 1 aliphatic rings. The van der Waals surface area contributed by atoms with Gasteiger partial charge in [0.1, 0.15) is 11.2 Å². The van der Waals surface area contributed by atoms with Crippen LogP contribution in [-0.2, 0) is 10.9 Å². The molecule has 7 nitrogen and oxygen atoms in total. The summed E-state index contributed by atoms with van der Waals surface area (Å²) in [4.78, 5) is 24.9. The van der Waals surface area contributed by atoms with Gasteiger partial charge in [-0.25, -0.2) is 14.8 Å². The molecule has 0 bridgehead atoms. The topological polar surface area (TPSA) is 83.1 Å². The highest BCUT2D eigenvalue weighted by Crippen LogP contribution is 2.38. The Morgan fingerprint density at radius 2 is 2.00 bits per heavy atom. The van der Waals surface area contributed by atoms with Crippen molar-refractivity contribution in [2.75, 3.05) is 18.4 Å². The summed E-state index contributed by atoms with van der Waals surface area (Å²) >= 11 is 0. The largest absolute Gasteiger partial charge is 0.444 e. The molecule has 1 amide bonds. The second-order valence-electron chi connectivity index (χ2n) is 8.76. The van der Waals surface area contributed by atoms with Crippen LogP contribution in [0.1, 0.15) is 32.8 Å². The Balaban J connectivity index is 1.59. The van der Waals surface area contributed by atoms with Gasteiger partial charge in [0.25, 0.3) is 0 Å². The smallest absolute Gasteiger partial charge is 0.419 e. The Morgan fingerprint density at radius 1 is 1.25 bits per heavy atom. The van der Waals surface area contributed by atoms with E-state index in [1.54, 1.807) is 49.9 Å². The van der Waals surface area contributed by atoms with Gasteiger partial charge < -0.3 is 19.9 Å². The minimum Gasteiger partial charge on any atom is -0.444 e. The van der Waals surface area contributed by atoms with Gasteiger partial charge in [0.15, 0.2) is 0 Å². The van der Waals surface area contributed by atoms with Gasteiger partial charge in [-0.2, -0.15) is 13.2 Å². The number of halogens is 3. The Labute approximate surface area is 183 Å². The molecule has 1 unspecified atom stereocenters. The third-order valence-corrected chi connectivity index (χ3v) is 5.11. The molecule has 1 aromatic carbocycles. The number of para-hydroxylation sites is 1. The maximum absolute atomic E-state index is 13.7. The summed E-state index contributed by atoms with van der Waals surface area (Å²) in [5.74, 6) is 0.0781. The molecule has 1 saturated heterocycles. The molecule has 1 aliphatic heterocycles. The van der Waals surface area contributed by atoms with E-state index in [2.05, 4.69) is 20.3 Å². The van der Waals surface area contributed by atoms with Crippen LogP contribution in [0, 0.1) is 0 Å². The zero-order valence-electron chi connectivity index (χ0n) is 18.0. The average Bonchev–Trinajstić information content (AvgIpc) is 3.33. The van der Waals surface area contributed by atoms with Gasteiger partial charge in [-0.3, -0.25) is 0 Å². The minimum atomic E-state index is -4.60. The maximum Gasteiger partial charge on any atom is 0.419 e. The van der Waals surface area contributed by atoms with Crippen LogP contribution >= 0.6 is 0 Å². The van der Waals surface area contributed by atoms with E-state index >= 15 is 0 Å². The van der Waals surface area contributed by atoms with Gasteiger partial charge in [0.05, 0.1) is 5.69 Å². The molecule has 3 aromatic rings. The molecular weight excluding hydrogens is 423 g/mol. The maximum atomic E-state index is 13.7. The number of carbonyl (C=O) groups excluding carboxylic acids is 1. The van der Waals surface area contributed by atoms with E-state index < -0.39 is 23.4 Å². The Morgan fingerprint density at radius 3 is 2.72 bits per heavy atom. The fourth-order valence-electron chi connectivity index (χ4n) is 3.68. The van der Waals surface area contributed by atoms with E-state index in [1.165, 1.54) is 6.20 Å². The molecule has 10 heteroatoms. The number of benzene rings is 1. The molecule has 0 saturated carbocycles. The quantitative estimate of drug-likeness (QED) is 0.586. The van der Waals surface area contributed by atoms with Gasteiger partial charge in [-0.15, -0.1) is 0 Å². The highest BCUT2D eigenvalue weighted by atomic mass is 19.4. The van der Waals surface area contributed by atoms with Gasteiger partial charge in [-0.1, -0.05) is 18.2 Å². The summed E-state index contributed by atoms with van der Waals surface area (Å²) in [6.07, 6.45) is -2.10. The molecule has 0 spiro atoms. The summed E-state index contributed by atoms with van der Waals surface area (Å²) in [6.45, 7) is 6.20. The fourth-order valence-corrected chi connectivity index (χ4v) is 3.68. The van der Waals surface area contributed by atoms with Gasteiger partial charge in [-0.05, 0) is 33.3 Å². The molecule has 3 heterocycles. The van der Waals surface area contributed by atoms with Crippen molar-refractivity contribution in [3.8, 4) is 11.3 Å². The number of hydrogen-bond acceptors (Lipinski definition) is 5. The fraction of sp³-hybridized carbons (Fsp3) is 0.409. The van der Waals surface area contributed by atoms with E-state index in [4.69, 9.17) is 4.74 Å². The number of ether oxygens (including phenoxy) is 1. The van der Waals surface area contributed by atoms with Crippen LogP contribution in [0.5, 0.6) is 0 Å². The molecule has 2 aromatic heterocycles. The number of rotatable bonds is 3. The van der Waals surface area contributed by atoms with Crippen LogP contribution in [0.2, 0.25) is 0 Å². The molecule has 1 atom stereocenters. The number of hydrogen-bond donors (Lipinski definition) is 2. The van der Waals surface area contributed by atoms with Gasteiger partial charge >= 0.3 is 12.3 Å². The number of alkyl halides is 3. The van der Waals surface area contributed by atoms with Crippen LogP contribution in [0.25, 0.3) is 22.2 Å². The molecule has 2 N–H and O–H groups in total. The zero-order chi connectivity index (χ0) is 23.1. The molecule has 1 fully saturated rings. The van der Waals surface area contributed by atoms with E-state index in [9.17, 15) is 18.0 Å². The zero-order valence-corrected chi connectivity index (χ0v) is 18.0. The van der Waals surface area contributed by atoms with Crippen LogP contribution in [0.4, 0.5) is 23.9 Å². The minimum absolute atomic E-state index is 0.0781. The number of anilines is 1. The number of likely N-dealkylation sites (tertiary alicyclic amines) is 1. The summed E-state index contributed by atoms with van der Waals surface area (Å²) in [6, 6.07) is 6.89. The number of fused-ring (bicyclic) bond motifs is 1. The van der Waals surface area contributed by atoms with Crippen molar-refractivity contribution in [2.24, 2.45) is 0 Å². The van der Waals surface area contributed by atoms with Crippen LogP contribution in [-0.4, -0.2) is 50.7 Å². The number of amides is 1. The van der Waals surface area contributed by atoms with E-state index in [-0.39, 0.29) is 17.7 Å². The van der Waals surface area contributed by atoms with Crippen molar-refractivity contribution >= 4 is 22.9 Å². The van der Waals surface area contributed by atoms with Crippen molar-refractivity contribution in [3.05, 3.63) is 42.2 Å². The lowest BCUT2D eigenvalue weighted by Crippen LogP contribution is -2.36. The summed E-state index contributed by atoms with van der Waals surface area (Å²) in [7, 11) is 0. The van der Waals surface area contributed by atoms with Crippen LogP contribution in [0.15, 0.2) is 36.7 Å². The number of aromatic amines is 1. The standard InChI is InChI=1S/C22H24F3N5O2/c1-21(2,3)32-20(31)30-9-8-13(12-30)28-19-27-11-16(22(23,24)25)18(29-19)15-10-26-17-7-5-4-6-14(15)17/h4-7,10-11,13,26H,8-9,12H2,1-3H3,(H,27,28,29). The summed E-state index contributed by atoms with van der Waals surface area (Å²) in [5, 5.41) is 3.71. The lowest BCUT2D eigenvalue weighted by Gasteiger charge is -2.24. The van der Waals surface area contributed by atoms with E-state index in [1.807, 2.05) is 0 Å². The summed E-state index contributed by atoms with van der Waals surface area (Å²) in [5.41, 5.74) is -0.648. The molecule has 0 aliphatic carbocycles. The third kappa shape index (κ3) is 4.63. The lowest BCUT2D eigenvalue weighted by molar-refractivity contribution is -0.137. The van der Waals surface area contributed by atoms with Crippen molar-refractivity contribution < 1.29 is 22.7 Å². The number of H-pyrrole nitrogens is 1. The Hall–Kier alpha value is -3.30. The first kappa shape index (κ1) is 21.9. The number of carbonyl (C=O) groups is 1. The highest BCUT2D eigenvalue weighted by Gasteiger charge is 2.36. The van der Waals surface area contributed by atoms with Crippen molar-refractivity contribution in [2.45, 2.75) is 45.0 Å². The third-order valence-electron chi connectivity index (χ3n) is 5.11. The van der Waals surface area contributed by atoms with Gasteiger partial charge in [0, 0.05) is 48.0 Å².